The molecule has 0 spiro atoms. The summed E-state index contributed by atoms with van der Waals surface area (Å²) in [7, 11) is 0. The second-order valence-electron chi connectivity index (χ2n) is 8.72. The van der Waals surface area contributed by atoms with Crippen LogP contribution < -0.4 is 4.90 Å². The molecule has 3 aromatic rings. The molecule has 3 aromatic carbocycles. The zero-order valence-electron chi connectivity index (χ0n) is 19.1. The van der Waals surface area contributed by atoms with Crippen LogP contribution in [0, 0.1) is 5.82 Å². The van der Waals surface area contributed by atoms with Crippen molar-refractivity contribution >= 4 is 40.5 Å². The maximum atomic E-state index is 14.2. The van der Waals surface area contributed by atoms with Gasteiger partial charge in [-0.05, 0) is 29.8 Å². The average molecular weight is 511 g/mol. The molecule has 2 heterocycles. The van der Waals surface area contributed by atoms with Gasteiger partial charge in [-0.2, -0.15) is 5.10 Å². The van der Waals surface area contributed by atoms with E-state index in [0.717, 1.165) is 16.8 Å². The molecule has 0 aromatic heterocycles. The van der Waals surface area contributed by atoms with Crippen molar-refractivity contribution in [2.75, 3.05) is 37.6 Å². The van der Waals surface area contributed by atoms with Gasteiger partial charge in [-0.15, -0.1) is 0 Å². The number of hydrazone groups is 1. The molecule has 0 aliphatic carbocycles. The van der Waals surface area contributed by atoms with Gasteiger partial charge in [0.2, 0.25) is 0 Å². The number of carbonyl (C=O) groups is 1. The van der Waals surface area contributed by atoms with Crippen LogP contribution in [0.25, 0.3) is 0 Å². The first kappa shape index (κ1) is 23.8. The largest absolute Gasteiger partial charge is 0.367 e. The SMILES string of the molecule is O=C(CN1CCN(c2ccccc2F)CC1)N1N=C(c2ccccc2Cl)C[C@@H]1c1ccccc1Cl. The van der Waals surface area contributed by atoms with E-state index in [1.54, 1.807) is 17.1 Å². The number of rotatable bonds is 5. The number of amides is 1. The Labute approximate surface area is 214 Å². The second-order valence-corrected chi connectivity index (χ2v) is 9.54. The van der Waals surface area contributed by atoms with E-state index in [4.69, 9.17) is 28.3 Å². The molecule has 1 fully saturated rings. The average Bonchev–Trinajstić information content (AvgIpc) is 3.31. The third-order valence-electron chi connectivity index (χ3n) is 6.54. The normalized spacial score (nSPS) is 18.6. The second kappa shape index (κ2) is 10.4. The molecule has 8 heteroatoms. The van der Waals surface area contributed by atoms with E-state index in [1.807, 2.05) is 59.5 Å². The van der Waals surface area contributed by atoms with E-state index >= 15 is 0 Å². The quantitative estimate of drug-likeness (QED) is 0.446. The summed E-state index contributed by atoms with van der Waals surface area (Å²) in [4.78, 5) is 17.6. The summed E-state index contributed by atoms with van der Waals surface area (Å²) in [6, 6.07) is 21.6. The van der Waals surface area contributed by atoms with Crippen LogP contribution in [0.1, 0.15) is 23.6 Å². The fourth-order valence-corrected chi connectivity index (χ4v) is 5.21. The Kier molecular flexibility index (Phi) is 7.04. The smallest absolute Gasteiger partial charge is 0.257 e. The molecule has 5 nitrogen and oxygen atoms in total. The molecule has 1 amide bonds. The van der Waals surface area contributed by atoms with Crippen molar-refractivity contribution in [3.05, 3.63) is 99.8 Å². The van der Waals surface area contributed by atoms with Gasteiger partial charge >= 0.3 is 0 Å². The lowest BCUT2D eigenvalue weighted by Crippen LogP contribution is -2.49. The lowest BCUT2D eigenvalue weighted by molar-refractivity contribution is -0.134. The van der Waals surface area contributed by atoms with E-state index in [9.17, 15) is 9.18 Å². The zero-order valence-corrected chi connectivity index (χ0v) is 20.6. The third-order valence-corrected chi connectivity index (χ3v) is 7.21. The van der Waals surface area contributed by atoms with Gasteiger partial charge in [0.1, 0.15) is 5.82 Å². The Morgan fingerprint density at radius 3 is 2.26 bits per heavy atom. The van der Waals surface area contributed by atoms with Gasteiger partial charge in [0.05, 0.1) is 24.0 Å². The van der Waals surface area contributed by atoms with Gasteiger partial charge in [0.25, 0.3) is 5.91 Å². The molecule has 5 rings (SSSR count). The van der Waals surface area contributed by atoms with Crippen LogP contribution in [0.4, 0.5) is 10.1 Å². The summed E-state index contributed by atoms with van der Waals surface area (Å²) in [6.45, 7) is 2.84. The van der Waals surface area contributed by atoms with Crippen LogP contribution in [0.15, 0.2) is 77.9 Å². The van der Waals surface area contributed by atoms with Crippen LogP contribution in [0.3, 0.4) is 0 Å². The predicted octanol–water partition coefficient (Wildman–Crippen LogP) is 5.63. The minimum absolute atomic E-state index is 0.101. The Hall–Kier alpha value is -2.93. The summed E-state index contributed by atoms with van der Waals surface area (Å²) in [5, 5.41) is 7.49. The predicted molar refractivity (Wildman–Crippen MR) is 139 cm³/mol. The summed E-state index contributed by atoms with van der Waals surface area (Å²) in [6.07, 6.45) is 0.528. The first-order valence-electron chi connectivity index (χ1n) is 11.6. The topological polar surface area (TPSA) is 39.2 Å². The number of piperazine rings is 1. The van der Waals surface area contributed by atoms with Gasteiger partial charge in [-0.1, -0.05) is 71.7 Å². The Bertz CT molecular complexity index is 1260. The summed E-state index contributed by atoms with van der Waals surface area (Å²) in [5.41, 5.74) is 3.04. The van der Waals surface area contributed by atoms with Crippen molar-refractivity contribution in [2.45, 2.75) is 12.5 Å². The lowest BCUT2D eigenvalue weighted by Gasteiger charge is -2.36. The molecule has 0 saturated carbocycles. The Morgan fingerprint density at radius 1 is 0.886 bits per heavy atom. The van der Waals surface area contributed by atoms with Gasteiger partial charge in [-0.3, -0.25) is 9.69 Å². The standard InChI is InChI=1S/C27H25Cl2FN4O/c28-21-9-3-1-7-19(21)24-17-26(20-8-2-4-10-22(20)29)34(31-24)27(35)18-32-13-15-33(16-14-32)25-12-6-5-11-23(25)30/h1-12,26H,13-18H2/t26-/m1/s1. The fraction of sp³-hybridized carbons (Fsp3) is 0.259. The van der Waals surface area contributed by atoms with Gasteiger partial charge in [0, 0.05) is 48.2 Å². The van der Waals surface area contributed by atoms with Crippen LogP contribution >= 0.6 is 23.2 Å². The van der Waals surface area contributed by atoms with E-state index in [-0.39, 0.29) is 24.3 Å². The number of carbonyl (C=O) groups excluding carboxylic acids is 1. The van der Waals surface area contributed by atoms with Gasteiger partial charge in [-0.25, -0.2) is 9.40 Å². The molecule has 35 heavy (non-hydrogen) atoms. The van der Waals surface area contributed by atoms with Gasteiger partial charge in [0.15, 0.2) is 0 Å². The number of para-hydroxylation sites is 1. The molecule has 180 valence electrons. The van der Waals surface area contributed by atoms with Crippen LogP contribution in [-0.4, -0.2) is 54.3 Å². The molecular formula is C27H25Cl2FN4O. The molecule has 1 atom stereocenters. The summed E-state index contributed by atoms with van der Waals surface area (Å²) < 4.78 is 14.2. The minimum Gasteiger partial charge on any atom is -0.367 e. The Balaban J connectivity index is 1.33. The highest BCUT2D eigenvalue weighted by Gasteiger charge is 2.35. The van der Waals surface area contributed by atoms with Gasteiger partial charge < -0.3 is 4.90 Å². The van der Waals surface area contributed by atoms with E-state index in [1.165, 1.54) is 6.07 Å². The zero-order chi connectivity index (χ0) is 24.4. The van der Waals surface area contributed by atoms with Crippen LogP contribution in [-0.2, 0) is 4.79 Å². The van der Waals surface area contributed by atoms with Crippen molar-refractivity contribution in [2.24, 2.45) is 5.10 Å². The highest BCUT2D eigenvalue weighted by Crippen LogP contribution is 2.37. The monoisotopic (exact) mass is 510 g/mol. The molecule has 1 saturated heterocycles. The molecule has 0 unspecified atom stereocenters. The number of nitrogens with zero attached hydrogens (tertiary/aromatic N) is 4. The molecule has 0 N–H and O–H groups in total. The number of hydrogen-bond donors (Lipinski definition) is 0. The summed E-state index contributed by atoms with van der Waals surface area (Å²) in [5.74, 6) is -0.325. The maximum Gasteiger partial charge on any atom is 0.257 e. The Morgan fingerprint density at radius 2 is 1.54 bits per heavy atom. The minimum atomic E-state index is -0.304. The number of anilines is 1. The fourth-order valence-electron chi connectivity index (χ4n) is 4.70. The van der Waals surface area contributed by atoms with Crippen molar-refractivity contribution in [3.8, 4) is 0 Å². The highest BCUT2D eigenvalue weighted by atomic mass is 35.5. The van der Waals surface area contributed by atoms with Crippen LogP contribution in [0.5, 0.6) is 0 Å². The molecule has 0 bridgehead atoms. The number of hydrogen-bond acceptors (Lipinski definition) is 4. The van der Waals surface area contributed by atoms with Crippen LogP contribution in [0.2, 0.25) is 10.0 Å². The third kappa shape index (κ3) is 5.06. The molecular weight excluding hydrogens is 486 g/mol. The van der Waals surface area contributed by atoms with Crippen molar-refractivity contribution in [1.29, 1.82) is 0 Å². The first-order valence-corrected chi connectivity index (χ1v) is 12.4. The first-order chi connectivity index (χ1) is 17.0. The van der Waals surface area contributed by atoms with E-state index < -0.39 is 0 Å². The van der Waals surface area contributed by atoms with Crippen molar-refractivity contribution in [3.63, 3.8) is 0 Å². The summed E-state index contributed by atoms with van der Waals surface area (Å²) >= 11 is 13.0. The van der Waals surface area contributed by atoms with E-state index in [0.29, 0.717) is 48.3 Å². The molecule has 2 aliphatic heterocycles. The number of halogens is 3. The maximum absolute atomic E-state index is 14.2. The van der Waals surface area contributed by atoms with Crippen molar-refractivity contribution in [1.82, 2.24) is 9.91 Å². The lowest BCUT2D eigenvalue weighted by atomic mass is 9.98. The highest BCUT2D eigenvalue weighted by molar-refractivity contribution is 6.34. The van der Waals surface area contributed by atoms with E-state index in [2.05, 4.69) is 4.90 Å². The van der Waals surface area contributed by atoms with Crippen molar-refractivity contribution < 1.29 is 9.18 Å². The number of benzene rings is 3. The molecule has 2 aliphatic rings. The molecule has 0 radical (unpaired) electrons.